The van der Waals surface area contributed by atoms with Crippen molar-refractivity contribution >= 4 is 37.2 Å². The van der Waals surface area contributed by atoms with E-state index in [1.54, 1.807) is 5.57 Å². The zero-order valence-corrected chi connectivity index (χ0v) is 53.6. The van der Waals surface area contributed by atoms with Crippen molar-refractivity contribution in [3.05, 3.63) is 161 Å². The minimum absolute atomic E-state index is 0.0672. The number of rotatable bonds is 2. The Morgan fingerprint density at radius 3 is 1.80 bits per heavy atom. The molecule has 14 heteroatoms. The second kappa shape index (κ2) is 22.2. The molecule has 5 aliphatic heterocycles. The second-order valence-corrected chi connectivity index (χ2v) is 30.6. The van der Waals surface area contributed by atoms with Crippen molar-refractivity contribution in [2.75, 3.05) is 34.4 Å². The summed E-state index contributed by atoms with van der Waals surface area (Å²) in [6.45, 7) is 26.3. The maximum Gasteiger partial charge on any atom is 0.523 e. The third-order valence-corrected chi connectivity index (χ3v) is 23.0. The highest BCUT2D eigenvalue weighted by atomic mass is 32.2. The van der Waals surface area contributed by atoms with Crippen LogP contribution in [0.15, 0.2) is 150 Å². The van der Waals surface area contributed by atoms with Gasteiger partial charge in [-0.1, -0.05) is 113 Å². The average molecular weight is 1200 g/mol. The lowest BCUT2D eigenvalue weighted by Crippen LogP contribution is -2.56. The van der Waals surface area contributed by atoms with Crippen LogP contribution in [0.2, 0.25) is 0 Å². The van der Waals surface area contributed by atoms with Crippen molar-refractivity contribution < 1.29 is 44.7 Å². The summed E-state index contributed by atoms with van der Waals surface area (Å²) in [6, 6.07) is 17.6. The van der Waals surface area contributed by atoms with Crippen molar-refractivity contribution in [1.82, 2.24) is 14.9 Å². The Balaban J connectivity index is 0.000000124. The quantitative estimate of drug-likeness (QED) is 0.109. The molecular weight excluding hydrogens is 1110 g/mol. The highest BCUT2D eigenvalue weighted by molar-refractivity contribution is 7.87. The molecule has 0 radical (unpaired) electrons. The second-order valence-electron chi connectivity index (χ2n) is 28.9. The zero-order chi connectivity index (χ0) is 61.7. The third-order valence-electron chi connectivity index (χ3n) is 22.0. The molecule has 0 N–H and O–H groups in total. The summed E-state index contributed by atoms with van der Waals surface area (Å²) in [5, 5.41) is 4.96. The lowest BCUT2D eigenvalue weighted by atomic mass is 9.58. The number of hydrogen-bond acceptors (Lipinski definition) is 10. The van der Waals surface area contributed by atoms with Crippen LogP contribution in [0.5, 0.6) is 0 Å². The van der Waals surface area contributed by atoms with E-state index in [-0.39, 0.29) is 44.4 Å². The van der Waals surface area contributed by atoms with Gasteiger partial charge in [0.25, 0.3) is 0 Å². The smallest absolute Gasteiger partial charge is 0.359 e. The molecule has 2 aromatic heterocycles. The monoisotopic (exact) mass is 1200 g/mol. The van der Waals surface area contributed by atoms with E-state index in [0.29, 0.717) is 24.5 Å². The highest BCUT2D eigenvalue weighted by Gasteiger charge is 2.68. The van der Waals surface area contributed by atoms with Gasteiger partial charge in [-0.2, -0.15) is 21.6 Å². The van der Waals surface area contributed by atoms with E-state index in [1.807, 2.05) is 30.9 Å². The van der Waals surface area contributed by atoms with Crippen LogP contribution < -0.4 is 0 Å². The van der Waals surface area contributed by atoms with Gasteiger partial charge in [0.2, 0.25) is 0 Å². The number of hydrogen-bond donors (Lipinski definition) is 0. The number of nitrogens with zero attached hydrogens (tertiary/aromatic N) is 3. The van der Waals surface area contributed by atoms with Crippen molar-refractivity contribution in [1.29, 1.82) is 0 Å². The van der Waals surface area contributed by atoms with Crippen molar-refractivity contribution in [3.8, 4) is 0 Å². The van der Waals surface area contributed by atoms with Crippen LogP contribution in [0.4, 0.5) is 13.2 Å². The highest BCUT2D eigenvalue weighted by Crippen LogP contribution is 2.69. The first-order chi connectivity index (χ1) is 40.4. The zero-order valence-electron chi connectivity index (χ0n) is 52.8. The van der Waals surface area contributed by atoms with Gasteiger partial charge < -0.3 is 23.8 Å². The van der Waals surface area contributed by atoms with Crippen molar-refractivity contribution in [3.63, 3.8) is 0 Å². The number of benzene rings is 2. The summed E-state index contributed by atoms with van der Waals surface area (Å²) < 4.78 is 82.4. The molecule has 15 rings (SSSR count). The Hall–Kier alpha value is -5.06. The van der Waals surface area contributed by atoms with E-state index in [1.165, 1.54) is 66.1 Å². The summed E-state index contributed by atoms with van der Waals surface area (Å²) in [6.07, 6.45) is 38.0. The van der Waals surface area contributed by atoms with Gasteiger partial charge in [-0.15, -0.1) is 0 Å². The van der Waals surface area contributed by atoms with Crippen LogP contribution in [0.1, 0.15) is 163 Å². The van der Waals surface area contributed by atoms with Crippen LogP contribution >= 0.6 is 0 Å². The van der Waals surface area contributed by atoms with E-state index in [9.17, 15) is 21.6 Å². The predicted octanol–water partition coefficient (Wildman–Crippen LogP) is 16.7. The summed E-state index contributed by atoms with van der Waals surface area (Å²) >= 11 is 0. The predicted molar refractivity (Wildman–Crippen MR) is 336 cm³/mol. The molecule has 4 aromatic rings. The van der Waals surface area contributed by atoms with Gasteiger partial charge in [-0.05, 0) is 197 Å². The first kappa shape index (κ1) is 62.5. The molecule has 0 unspecified atom stereocenters. The van der Waals surface area contributed by atoms with Crippen molar-refractivity contribution in [2.24, 2.45) is 22.7 Å². The van der Waals surface area contributed by atoms with Gasteiger partial charge in [0, 0.05) is 77.6 Å². The molecule has 2 aromatic carbocycles. The fourth-order valence-electron chi connectivity index (χ4n) is 16.2. The molecule has 5 fully saturated rings. The maximum absolute atomic E-state index is 11.1. The van der Waals surface area contributed by atoms with E-state index in [4.69, 9.17) is 18.9 Å². The largest absolute Gasteiger partial charge is 0.523 e. The lowest BCUT2D eigenvalue weighted by Gasteiger charge is -2.54. The fourth-order valence-corrected chi connectivity index (χ4v) is 16.4. The SMILES string of the molecule is C=C1CCC2=CC3=CC[C@]4(C)C(c5ccc6ccncc6c5)=CC[C@H]4[C@@]34CC[C@]2(C1)O4.CC(C)(C)c1ccc2ccncc2c1.CC1=CC[C@@H]2[C@]1(C)CC=C1C=C3CCC4(C[C@]35CC[C@@]12O5)OCCO4.CN(C)C(C)(C)C.COS(=O)(=O)C(F)(F)F. The number of ether oxygens (including phenoxy) is 4. The van der Waals surface area contributed by atoms with Crippen LogP contribution in [-0.4, -0.2) is 96.9 Å². The Morgan fingerprint density at radius 2 is 1.22 bits per heavy atom. The molecule has 4 bridgehead atoms. The topological polar surface area (TPSA) is 109 Å². The number of halogens is 3. The molecule has 10 nitrogen and oxygen atoms in total. The van der Waals surface area contributed by atoms with Gasteiger partial charge in [0.15, 0.2) is 5.79 Å². The third kappa shape index (κ3) is 10.9. The standard InChI is InChI=1S/C29H29NO.C22H28O3.C13H15N.C6H15N.C2H3F3O3S/c1-19-3-6-23-16-24-9-11-27(2)25(21-5-4-20-10-14-30-18-22(20)15-21)7-8-26(27)29(24)13-12-28(23,17-19)31-29;1-15-3-4-18-19(15,2)7-5-17-13-16-6-8-21(23-11-12-24-21)14-20(16)9-10-22(17,18)25-20;1-13(2,3)12-5-4-10-6-7-14-9-11(10)8-12;1-6(2,3)7(4)5;1-8-9(6,7)2(3,4)5/h4-5,7,9-10,14-16,18,26H,1,3,6,8,11-13,17H2,2H3;3,5,13,18H,4,6-12,14H2,1-2H3;4-9H,1-3H3;1-5H3;1H3/t26-,27-,28-,29-;18-,19-,20-,22-;;;/m11.../s1. The summed E-state index contributed by atoms with van der Waals surface area (Å²) in [5.74, 6) is 0.707. The number of fused-ring (bicyclic) bond motifs is 4. The van der Waals surface area contributed by atoms with Gasteiger partial charge in [-0.3, -0.25) is 14.2 Å². The Bertz CT molecular complexity index is 3630. The van der Waals surface area contributed by atoms with Crippen LogP contribution in [0.3, 0.4) is 0 Å². The minimum Gasteiger partial charge on any atom is -0.359 e. The molecule has 11 aliphatic rings. The molecule has 462 valence electrons. The Labute approximate surface area is 509 Å². The van der Waals surface area contributed by atoms with Gasteiger partial charge in [0.1, 0.15) is 0 Å². The number of allylic oxidation sites excluding steroid dienone is 6. The number of alkyl halides is 3. The Kier molecular flexibility index (Phi) is 16.1. The molecule has 7 heterocycles. The molecule has 8 atom stereocenters. The molecule has 86 heavy (non-hydrogen) atoms. The van der Waals surface area contributed by atoms with Crippen LogP contribution in [-0.2, 0) is 38.7 Å². The van der Waals surface area contributed by atoms with Gasteiger partial charge in [-0.25, -0.2) is 0 Å². The number of aromatic nitrogens is 2. The minimum atomic E-state index is -5.34. The summed E-state index contributed by atoms with van der Waals surface area (Å²) in [4.78, 5) is 10.7. The van der Waals surface area contributed by atoms with Gasteiger partial charge >= 0.3 is 15.6 Å². The average Bonchev–Trinajstić information content (AvgIpc) is 1.50. The first-order valence-corrected chi connectivity index (χ1v) is 32.6. The summed E-state index contributed by atoms with van der Waals surface area (Å²) in [7, 11) is -0.722. The Morgan fingerprint density at radius 1 is 0.674 bits per heavy atom. The maximum atomic E-state index is 11.1. The molecule has 3 saturated heterocycles. The van der Waals surface area contributed by atoms with Crippen molar-refractivity contribution in [2.45, 2.75) is 197 Å². The first-order valence-electron chi connectivity index (χ1n) is 31.1. The van der Waals surface area contributed by atoms with Crippen LogP contribution in [0.25, 0.3) is 27.1 Å². The molecule has 5 spiro atoms. The fraction of sp³-hybridized carbons (Fsp3) is 0.556. The van der Waals surface area contributed by atoms with Gasteiger partial charge in [0.05, 0.1) is 42.7 Å². The molecule has 2 saturated carbocycles. The number of pyridine rings is 2. The summed E-state index contributed by atoms with van der Waals surface area (Å²) in [5.41, 5.74) is 8.35. The normalized spacial score (nSPS) is 32.5. The molecule has 6 aliphatic carbocycles. The van der Waals surface area contributed by atoms with Crippen LogP contribution in [0, 0.1) is 22.7 Å². The molecular formula is C72H90F3N3O7S. The van der Waals surface area contributed by atoms with E-state index >= 15 is 0 Å². The van der Waals surface area contributed by atoms with E-state index in [2.05, 4.69) is 181 Å². The van der Waals surface area contributed by atoms with E-state index < -0.39 is 15.6 Å². The molecule has 0 amide bonds. The van der Waals surface area contributed by atoms with E-state index in [0.717, 1.165) is 103 Å². The lowest BCUT2D eigenvalue weighted by molar-refractivity contribution is -0.226.